The van der Waals surface area contributed by atoms with E-state index in [4.69, 9.17) is 4.74 Å². The van der Waals surface area contributed by atoms with Crippen molar-refractivity contribution in [2.24, 2.45) is 0 Å². The molecule has 0 aliphatic rings. The average Bonchev–Trinajstić information content (AvgIpc) is 2.46. The number of alkyl halides is 3. The molecule has 1 aromatic carbocycles. The van der Waals surface area contributed by atoms with Crippen LogP contribution in [0, 0.1) is 0 Å². The van der Waals surface area contributed by atoms with Crippen LogP contribution < -0.4 is 9.64 Å². The normalized spacial score (nSPS) is 12.6. The summed E-state index contributed by atoms with van der Waals surface area (Å²) in [4.78, 5) is 12.4. The Kier molecular flexibility index (Phi) is 5.81. The Hall–Kier alpha value is -1.98. The Labute approximate surface area is 122 Å². The van der Waals surface area contributed by atoms with Crippen LogP contribution in [0.3, 0.4) is 0 Å². The summed E-state index contributed by atoms with van der Waals surface area (Å²) in [5.41, 5.74) is 0.163. The molecule has 1 amide bonds. The van der Waals surface area contributed by atoms with Gasteiger partial charge in [0.2, 0.25) is 0 Å². The molecule has 0 saturated heterocycles. The molecule has 6 heteroatoms. The topological polar surface area (TPSA) is 29.5 Å². The van der Waals surface area contributed by atoms with E-state index in [9.17, 15) is 18.0 Å². The SMILES string of the molecule is C=C[C@H](CCC)N(C(=O)C(F)(F)F)c1ccc(OC)cc1. The van der Waals surface area contributed by atoms with Gasteiger partial charge in [-0.3, -0.25) is 9.69 Å². The zero-order valence-corrected chi connectivity index (χ0v) is 12.0. The molecule has 1 rings (SSSR count). The highest BCUT2D eigenvalue weighted by molar-refractivity contribution is 5.98. The van der Waals surface area contributed by atoms with E-state index in [-0.39, 0.29) is 5.69 Å². The number of ether oxygens (including phenoxy) is 1. The molecule has 0 radical (unpaired) electrons. The number of carbonyl (C=O) groups is 1. The van der Waals surface area contributed by atoms with Gasteiger partial charge in [0.05, 0.1) is 13.2 Å². The second-order valence-electron chi connectivity index (χ2n) is 4.46. The van der Waals surface area contributed by atoms with E-state index in [1.54, 1.807) is 0 Å². The van der Waals surface area contributed by atoms with E-state index in [2.05, 4.69) is 6.58 Å². The minimum Gasteiger partial charge on any atom is -0.497 e. The molecular formula is C15H18F3NO2. The lowest BCUT2D eigenvalue weighted by Gasteiger charge is -2.30. The Morgan fingerprint density at radius 1 is 1.38 bits per heavy atom. The number of hydrogen-bond donors (Lipinski definition) is 0. The van der Waals surface area contributed by atoms with Gasteiger partial charge in [0.25, 0.3) is 0 Å². The molecule has 0 fully saturated rings. The fourth-order valence-corrected chi connectivity index (χ4v) is 1.99. The first kappa shape index (κ1) is 17.1. The highest BCUT2D eigenvalue weighted by Crippen LogP contribution is 2.28. The second-order valence-corrected chi connectivity index (χ2v) is 4.46. The molecule has 0 N–H and O–H groups in total. The van der Waals surface area contributed by atoms with Gasteiger partial charge >= 0.3 is 12.1 Å². The molecule has 1 atom stereocenters. The Morgan fingerprint density at radius 2 is 1.95 bits per heavy atom. The zero-order valence-electron chi connectivity index (χ0n) is 12.0. The van der Waals surface area contributed by atoms with Gasteiger partial charge in [-0.1, -0.05) is 19.4 Å². The first-order valence-electron chi connectivity index (χ1n) is 6.52. The molecule has 116 valence electrons. The smallest absolute Gasteiger partial charge is 0.471 e. The van der Waals surface area contributed by atoms with Crippen LogP contribution in [0.1, 0.15) is 19.8 Å². The number of benzene rings is 1. The number of anilines is 1. The van der Waals surface area contributed by atoms with Crippen LogP contribution in [0.25, 0.3) is 0 Å². The van der Waals surface area contributed by atoms with Crippen molar-refractivity contribution in [2.45, 2.75) is 32.0 Å². The van der Waals surface area contributed by atoms with Crippen molar-refractivity contribution in [3.8, 4) is 5.75 Å². The third-order valence-electron chi connectivity index (χ3n) is 3.00. The van der Waals surface area contributed by atoms with Crippen molar-refractivity contribution in [1.29, 1.82) is 0 Å². The van der Waals surface area contributed by atoms with Crippen molar-refractivity contribution >= 4 is 11.6 Å². The van der Waals surface area contributed by atoms with Gasteiger partial charge in [0.1, 0.15) is 5.75 Å². The van der Waals surface area contributed by atoms with Crippen molar-refractivity contribution < 1.29 is 22.7 Å². The first-order chi connectivity index (χ1) is 9.85. The Bertz CT molecular complexity index is 483. The number of carbonyl (C=O) groups excluding carboxylic acids is 1. The molecule has 3 nitrogen and oxygen atoms in total. The molecule has 0 spiro atoms. The molecule has 1 aromatic rings. The number of hydrogen-bond acceptors (Lipinski definition) is 2. The lowest BCUT2D eigenvalue weighted by atomic mass is 10.1. The number of nitrogens with zero attached hydrogens (tertiary/aromatic N) is 1. The molecule has 0 saturated carbocycles. The number of methoxy groups -OCH3 is 1. The van der Waals surface area contributed by atoms with E-state index in [0.29, 0.717) is 18.6 Å². The second kappa shape index (κ2) is 7.15. The van der Waals surface area contributed by atoms with Gasteiger partial charge in [0, 0.05) is 5.69 Å². The summed E-state index contributed by atoms with van der Waals surface area (Å²) in [6, 6.07) is 5.16. The van der Waals surface area contributed by atoms with E-state index in [1.165, 1.54) is 37.5 Å². The van der Waals surface area contributed by atoms with E-state index in [1.807, 2.05) is 6.92 Å². The van der Waals surface area contributed by atoms with Crippen molar-refractivity contribution in [1.82, 2.24) is 0 Å². The monoisotopic (exact) mass is 301 g/mol. The molecule has 0 aliphatic heterocycles. The minimum atomic E-state index is -4.94. The predicted octanol–water partition coefficient (Wildman–Crippen LogP) is 3.95. The molecule has 0 unspecified atom stereocenters. The van der Waals surface area contributed by atoms with E-state index >= 15 is 0 Å². The molecule has 0 aromatic heterocycles. The maximum absolute atomic E-state index is 12.8. The van der Waals surface area contributed by atoms with Gasteiger partial charge in [0.15, 0.2) is 0 Å². The lowest BCUT2D eigenvalue weighted by molar-refractivity contribution is -0.170. The molecule has 0 bridgehead atoms. The summed E-state index contributed by atoms with van der Waals surface area (Å²) in [6.07, 6.45) is -2.54. The van der Waals surface area contributed by atoms with Crippen LogP contribution in [0.5, 0.6) is 5.75 Å². The fourth-order valence-electron chi connectivity index (χ4n) is 1.99. The standard InChI is InChI=1S/C15H18F3NO2/c1-4-6-11(5-2)19(14(20)15(16,17)18)12-7-9-13(21-3)10-8-12/h5,7-11H,2,4,6H2,1,3H3/t11-/m1/s1. The van der Waals surface area contributed by atoms with E-state index < -0.39 is 18.1 Å². The van der Waals surface area contributed by atoms with Crippen LogP contribution in [-0.4, -0.2) is 25.2 Å². The fraction of sp³-hybridized carbons (Fsp3) is 0.400. The summed E-state index contributed by atoms with van der Waals surface area (Å²) >= 11 is 0. The van der Waals surface area contributed by atoms with Gasteiger partial charge in [-0.15, -0.1) is 6.58 Å². The summed E-state index contributed by atoms with van der Waals surface area (Å²) in [6.45, 7) is 5.37. The van der Waals surface area contributed by atoms with Crippen LogP contribution in [0.15, 0.2) is 36.9 Å². The summed E-state index contributed by atoms with van der Waals surface area (Å²) in [7, 11) is 1.46. The lowest BCUT2D eigenvalue weighted by Crippen LogP contribution is -2.46. The number of halogens is 3. The first-order valence-corrected chi connectivity index (χ1v) is 6.52. The minimum absolute atomic E-state index is 0.163. The van der Waals surface area contributed by atoms with Gasteiger partial charge in [-0.2, -0.15) is 13.2 Å². The van der Waals surface area contributed by atoms with Gasteiger partial charge in [-0.05, 0) is 30.7 Å². The molecule has 0 aliphatic carbocycles. The molecule has 0 heterocycles. The van der Waals surface area contributed by atoms with Crippen LogP contribution in [0.2, 0.25) is 0 Å². The van der Waals surface area contributed by atoms with Crippen LogP contribution in [-0.2, 0) is 4.79 Å². The quantitative estimate of drug-likeness (QED) is 0.745. The third kappa shape index (κ3) is 4.24. The summed E-state index contributed by atoms with van der Waals surface area (Å²) in [5, 5.41) is 0. The Morgan fingerprint density at radius 3 is 2.33 bits per heavy atom. The highest BCUT2D eigenvalue weighted by atomic mass is 19.4. The maximum Gasteiger partial charge on any atom is 0.471 e. The Balaban J connectivity index is 3.22. The maximum atomic E-state index is 12.8. The van der Waals surface area contributed by atoms with Crippen LogP contribution in [0.4, 0.5) is 18.9 Å². The van der Waals surface area contributed by atoms with Crippen molar-refractivity contribution in [2.75, 3.05) is 12.0 Å². The number of rotatable bonds is 6. The van der Waals surface area contributed by atoms with Gasteiger partial charge < -0.3 is 4.74 Å². The predicted molar refractivity (Wildman–Crippen MR) is 75.4 cm³/mol. The summed E-state index contributed by atoms with van der Waals surface area (Å²) in [5.74, 6) is -1.39. The zero-order chi connectivity index (χ0) is 16.0. The van der Waals surface area contributed by atoms with Gasteiger partial charge in [-0.25, -0.2) is 0 Å². The highest BCUT2D eigenvalue weighted by Gasteiger charge is 2.44. The van der Waals surface area contributed by atoms with Crippen LogP contribution >= 0.6 is 0 Å². The van der Waals surface area contributed by atoms with E-state index in [0.717, 1.165) is 4.90 Å². The number of amides is 1. The molecular weight excluding hydrogens is 283 g/mol. The average molecular weight is 301 g/mol. The van der Waals surface area contributed by atoms with Crippen molar-refractivity contribution in [3.05, 3.63) is 36.9 Å². The largest absolute Gasteiger partial charge is 0.497 e. The third-order valence-corrected chi connectivity index (χ3v) is 3.00. The summed E-state index contributed by atoms with van der Waals surface area (Å²) < 4.78 is 43.4. The van der Waals surface area contributed by atoms with Crippen molar-refractivity contribution in [3.63, 3.8) is 0 Å². The molecule has 21 heavy (non-hydrogen) atoms.